The maximum Gasteiger partial charge on any atom is 0.185 e. The predicted molar refractivity (Wildman–Crippen MR) is 110 cm³/mol. The smallest absolute Gasteiger partial charge is 0.185 e. The molecule has 6 nitrogen and oxygen atoms in total. The Bertz CT molecular complexity index is 863. The molecule has 28 heavy (non-hydrogen) atoms. The molecule has 4 N–H and O–H groups in total. The molecule has 0 bridgehead atoms. The molecule has 1 spiro atoms. The van der Waals surface area contributed by atoms with Gasteiger partial charge in [0, 0.05) is 50.5 Å². The number of halogens is 2. The third kappa shape index (κ3) is 3.23. The second kappa shape index (κ2) is 7.31. The van der Waals surface area contributed by atoms with Crippen LogP contribution in [-0.4, -0.2) is 38.5 Å². The molecular formula is C20H24ClFN4O2. The molecule has 2 aliphatic rings. The molecule has 2 aliphatic heterocycles. The Morgan fingerprint density at radius 3 is 2.50 bits per heavy atom. The zero-order valence-corrected chi connectivity index (χ0v) is 16.5. The van der Waals surface area contributed by atoms with Crippen molar-refractivity contribution in [2.45, 2.75) is 12.8 Å². The fraction of sp³-hybridized carbons (Fsp3) is 0.400. The molecule has 2 aromatic rings. The largest absolute Gasteiger partial charge is 0.505 e. The lowest BCUT2D eigenvalue weighted by atomic mass is 9.73. The van der Waals surface area contributed by atoms with Gasteiger partial charge in [-0.3, -0.25) is 5.01 Å². The Labute approximate surface area is 168 Å². The van der Waals surface area contributed by atoms with Crippen LogP contribution in [0.2, 0.25) is 5.02 Å². The first-order chi connectivity index (χ1) is 13.4. The standard InChI is InChI=1S/C20H24ClFN4O2/c1-24-26(15-10-16(27)18(22)17(21)19(15)23)14-4-2-13(3-5-14)25-11-20(12-25)6-8-28-9-7-20/h2-5,10,24,27H,6-9,11-12,23H2,1H3. The molecule has 0 saturated carbocycles. The van der Waals surface area contributed by atoms with Gasteiger partial charge >= 0.3 is 0 Å². The van der Waals surface area contributed by atoms with E-state index >= 15 is 0 Å². The molecule has 2 aromatic carbocycles. The van der Waals surface area contributed by atoms with E-state index in [0.29, 0.717) is 11.1 Å². The van der Waals surface area contributed by atoms with Crippen molar-refractivity contribution in [2.24, 2.45) is 5.41 Å². The Morgan fingerprint density at radius 1 is 1.25 bits per heavy atom. The van der Waals surface area contributed by atoms with Crippen molar-refractivity contribution < 1.29 is 14.2 Å². The molecule has 8 heteroatoms. The second-order valence-electron chi connectivity index (χ2n) is 7.50. The van der Waals surface area contributed by atoms with Crippen LogP contribution in [0.15, 0.2) is 30.3 Å². The summed E-state index contributed by atoms with van der Waals surface area (Å²) in [5.41, 5.74) is 11.8. The minimum atomic E-state index is -0.922. The molecule has 2 heterocycles. The summed E-state index contributed by atoms with van der Waals surface area (Å²) in [5.74, 6) is -1.47. The Hall–Kier alpha value is -2.22. The average Bonchev–Trinajstić information content (AvgIpc) is 2.70. The van der Waals surface area contributed by atoms with E-state index in [1.807, 2.05) is 24.3 Å². The number of phenolic OH excluding ortho intramolecular Hbond substituents is 1. The van der Waals surface area contributed by atoms with Gasteiger partial charge in [-0.05, 0) is 37.1 Å². The van der Waals surface area contributed by atoms with Gasteiger partial charge in [0.05, 0.1) is 17.1 Å². The van der Waals surface area contributed by atoms with Gasteiger partial charge in [-0.2, -0.15) is 0 Å². The number of phenols is 1. The second-order valence-corrected chi connectivity index (χ2v) is 7.88. The van der Waals surface area contributed by atoms with E-state index in [0.717, 1.165) is 50.5 Å². The lowest BCUT2D eigenvalue weighted by molar-refractivity contribution is -0.000190. The number of ether oxygens (including phenoxy) is 1. The first-order valence-corrected chi connectivity index (χ1v) is 9.69. The van der Waals surface area contributed by atoms with Crippen molar-refractivity contribution in [1.29, 1.82) is 0 Å². The molecule has 4 rings (SSSR count). The van der Waals surface area contributed by atoms with Crippen LogP contribution in [0.3, 0.4) is 0 Å². The van der Waals surface area contributed by atoms with Gasteiger partial charge in [0.15, 0.2) is 11.6 Å². The SMILES string of the molecule is CNN(c1ccc(N2CC3(CCOCC3)C2)cc1)c1cc(O)c(F)c(Cl)c1N. The van der Waals surface area contributed by atoms with Crippen LogP contribution in [0.4, 0.5) is 27.1 Å². The van der Waals surface area contributed by atoms with Crippen LogP contribution in [0.5, 0.6) is 5.75 Å². The van der Waals surface area contributed by atoms with E-state index in [1.54, 1.807) is 12.1 Å². The quantitative estimate of drug-likeness (QED) is 0.409. The highest BCUT2D eigenvalue weighted by Gasteiger charge is 2.43. The number of aromatic hydroxyl groups is 1. The lowest BCUT2D eigenvalue weighted by Gasteiger charge is -2.53. The van der Waals surface area contributed by atoms with Gasteiger partial charge in [-0.15, -0.1) is 0 Å². The summed E-state index contributed by atoms with van der Waals surface area (Å²) in [5, 5.41) is 11.1. The van der Waals surface area contributed by atoms with E-state index in [4.69, 9.17) is 22.1 Å². The number of benzene rings is 2. The highest BCUT2D eigenvalue weighted by Crippen LogP contribution is 2.43. The van der Waals surface area contributed by atoms with Crippen molar-refractivity contribution in [1.82, 2.24) is 5.43 Å². The van der Waals surface area contributed by atoms with Gasteiger partial charge in [0.1, 0.15) is 5.02 Å². The summed E-state index contributed by atoms with van der Waals surface area (Å²) in [6.07, 6.45) is 2.26. The third-order valence-corrected chi connectivity index (χ3v) is 6.12. The average molecular weight is 407 g/mol. The van der Waals surface area contributed by atoms with Gasteiger partial charge in [0.25, 0.3) is 0 Å². The summed E-state index contributed by atoms with van der Waals surface area (Å²) in [6.45, 7) is 3.83. The molecule has 0 amide bonds. The first kappa shape index (κ1) is 19.1. The number of anilines is 4. The highest BCUT2D eigenvalue weighted by atomic mass is 35.5. The number of nitrogen functional groups attached to an aromatic ring is 1. The van der Waals surface area contributed by atoms with E-state index < -0.39 is 11.6 Å². The molecular weight excluding hydrogens is 383 g/mol. The number of nitrogens with one attached hydrogen (secondary N) is 1. The van der Waals surface area contributed by atoms with Gasteiger partial charge in [0.2, 0.25) is 0 Å². The molecule has 0 atom stereocenters. The van der Waals surface area contributed by atoms with Gasteiger partial charge in [-0.1, -0.05) is 11.6 Å². The van der Waals surface area contributed by atoms with E-state index in [-0.39, 0.29) is 10.7 Å². The topological polar surface area (TPSA) is 74.0 Å². The maximum absolute atomic E-state index is 13.8. The maximum atomic E-state index is 13.8. The molecule has 0 unspecified atom stereocenters. The fourth-order valence-corrected chi connectivity index (χ4v) is 4.26. The summed E-state index contributed by atoms with van der Waals surface area (Å²) in [4.78, 5) is 2.37. The normalized spacial score (nSPS) is 18.2. The predicted octanol–water partition coefficient (Wildman–Crippen LogP) is 3.66. The van der Waals surface area contributed by atoms with Crippen molar-refractivity contribution >= 4 is 34.4 Å². The van der Waals surface area contributed by atoms with Crippen molar-refractivity contribution in [3.63, 3.8) is 0 Å². The number of hydrazine groups is 1. The van der Waals surface area contributed by atoms with Crippen LogP contribution in [0.25, 0.3) is 0 Å². The molecule has 0 radical (unpaired) electrons. The van der Waals surface area contributed by atoms with Crippen LogP contribution in [-0.2, 0) is 4.74 Å². The van der Waals surface area contributed by atoms with Crippen molar-refractivity contribution in [3.05, 3.63) is 41.2 Å². The summed E-state index contributed by atoms with van der Waals surface area (Å²) in [7, 11) is 1.71. The Balaban J connectivity index is 1.53. The van der Waals surface area contributed by atoms with E-state index in [1.165, 1.54) is 6.07 Å². The van der Waals surface area contributed by atoms with Crippen LogP contribution >= 0.6 is 11.6 Å². The molecule has 0 aliphatic carbocycles. The number of nitrogens with zero attached hydrogens (tertiary/aromatic N) is 2. The molecule has 150 valence electrons. The van der Waals surface area contributed by atoms with Gasteiger partial charge < -0.3 is 20.5 Å². The third-order valence-electron chi connectivity index (χ3n) is 5.75. The zero-order valence-electron chi connectivity index (χ0n) is 15.7. The molecule has 2 saturated heterocycles. The number of hydrogen-bond acceptors (Lipinski definition) is 6. The lowest BCUT2D eigenvalue weighted by Crippen LogP contribution is -2.58. The fourth-order valence-electron chi connectivity index (χ4n) is 4.07. The number of hydrogen-bond donors (Lipinski definition) is 3. The minimum absolute atomic E-state index is 0.0552. The summed E-state index contributed by atoms with van der Waals surface area (Å²) >= 11 is 5.91. The van der Waals surface area contributed by atoms with Crippen molar-refractivity contribution in [2.75, 3.05) is 49.0 Å². The van der Waals surface area contributed by atoms with E-state index in [2.05, 4.69) is 10.3 Å². The number of nitrogens with two attached hydrogens (primary N) is 1. The monoisotopic (exact) mass is 406 g/mol. The van der Waals surface area contributed by atoms with Crippen molar-refractivity contribution in [3.8, 4) is 5.75 Å². The highest BCUT2D eigenvalue weighted by molar-refractivity contribution is 6.34. The molecule has 2 fully saturated rings. The Morgan fingerprint density at radius 2 is 1.89 bits per heavy atom. The van der Waals surface area contributed by atoms with Crippen LogP contribution < -0.4 is 21.1 Å². The summed E-state index contributed by atoms with van der Waals surface area (Å²) in [6, 6.07) is 9.26. The van der Waals surface area contributed by atoms with Crippen LogP contribution in [0, 0.1) is 11.2 Å². The Kier molecular flexibility index (Phi) is 4.99. The molecule has 0 aromatic heterocycles. The summed E-state index contributed by atoms with van der Waals surface area (Å²) < 4.78 is 19.2. The first-order valence-electron chi connectivity index (χ1n) is 9.31. The van der Waals surface area contributed by atoms with Crippen LogP contribution in [0.1, 0.15) is 12.8 Å². The number of rotatable bonds is 4. The minimum Gasteiger partial charge on any atom is -0.505 e. The zero-order chi connectivity index (χ0) is 19.9. The van der Waals surface area contributed by atoms with E-state index in [9.17, 15) is 9.50 Å². The van der Waals surface area contributed by atoms with Gasteiger partial charge in [-0.25, -0.2) is 9.82 Å².